The highest BCUT2D eigenvalue weighted by atomic mass is 16.2. The molecule has 21 heavy (non-hydrogen) atoms. The number of fused-ring (bicyclic) bond motifs is 1. The van der Waals surface area contributed by atoms with Crippen molar-refractivity contribution in [1.82, 2.24) is 4.90 Å². The monoisotopic (exact) mass is 286 g/mol. The summed E-state index contributed by atoms with van der Waals surface area (Å²) in [5, 5.41) is 3.38. The molecule has 1 aromatic carbocycles. The Hall–Kier alpha value is -1.51. The molecule has 3 rings (SSSR count). The van der Waals surface area contributed by atoms with Gasteiger partial charge in [0.25, 0.3) is 0 Å². The first-order valence-electron chi connectivity index (χ1n) is 8.30. The second-order valence-corrected chi connectivity index (χ2v) is 6.59. The van der Waals surface area contributed by atoms with Gasteiger partial charge in [-0.25, -0.2) is 0 Å². The normalized spacial score (nSPS) is 27.8. The second kappa shape index (κ2) is 6.08. The number of anilines is 1. The number of hydrogen-bond donors (Lipinski definition) is 1. The van der Waals surface area contributed by atoms with Crippen LogP contribution in [0.5, 0.6) is 0 Å². The predicted octanol–water partition coefficient (Wildman–Crippen LogP) is 3.45. The summed E-state index contributed by atoms with van der Waals surface area (Å²) in [5.41, 5.74) is 2.39. The van der Waals surface area contributed by atoms with Crippen LogP contribution in [-0.4, -0.2) is 29.9 Å². The molecule has 1 heterocycles. The summed E-state index contributed by atoms with van der Waals surface area (Å²) in [5.74, 6) is 1.13. The molecule has 1 N–H and O–H groups in total. The molecule has 1 fully saturated rings. The highest BCUT2D eigenvalue weighted by molar-refractivity contribution is 5.87. The maximum absolute atomic E-state index is 12.7. The number of amides is 1. The van der Waals surface area contributed by atoms with Crippen LogP contribution in [0.15, 0.2) is 24.3 Å². The van der Waals surface area contributed by atoms with Gasteiger partial charge in [-0.3, -0.25) is 4.79 Å². The molecule has 0 bridgehead atoms. The fraction of sp³-hybridized carbons (Fsp3) is 0.611. The smallest absolute Gasteiger partial charge is 0.245 e. The minimum atomic E-state index is -0.0729. The van der Waals surface area contributed by atoms with Crippen molar-refractivity contribution in [2.45, 2.75) is 57.5 Å². The van der Waals surface area contributed by atoms with E-state index in [-0.39, 0.29) is 11.9 Å². The van der Waals surface area contributed by atoms with E-state index in [1.54, 1.807) is 0 Å². The van der Waals surface area contributed by atoms with Crippen LogP contribution in [0, 0.1) is 5.92 Å². The number of benzene rings is 1. The molecule has 1 amide bonds. The van der Waals surface area contributed by atoms with Gasteiger partial charge in [0.2, 0.25) is 5.91 Å². The van der Waals surface area contributed by atoms with Gasteiger partial charge in [0.15, 0.2) is 0 Å². The number of carbonyl (C=O) groups excluding carboxylic acids is 1. The molecule has 114 valence electrons. The van der Waals surface area contributed by atoms with Crippen molar-refractivity contribution in [2.24, 2.45) is 5.92 Å². The minimum Gasteiger partial charge on any atom is -0.373 e. The average molecular weight is 286 g/mol. The Morgan fingerprint density at radius 3 is 2.62 bits per heavy atom. The van der Waals surface area contributed by atoms with E-state index < -0.39 is 0 Å². The van der Waals surface area contributed by atoms with Crippen molar-refractivity contribution in [3.05, 3.63) is 29.8 Å². The lowest BCUT2D eigenvalue weighted by atomic mass is 9.84. The Morgan fingerprint density at radius 1 is 1.24 bits per heavy atom. The van der Waals surface area contributed by atoms with Crippen molar-refractivity contribution < 1.29 is 4.79 Å². The molecule has 0 spiro atoms. The van der Waals surface area contributed by atoms with Crippen molar-refractivity contribution in [3.8, 4) is 0 Å². The number of hydrogen-bond acceptors (Lipinski definition) is 2. The Morgan fingerprint density at radius 2 is 1.95 bits per heavy atom. The van der Waals surface area contributed by atoms with Crippen molar-refractivity contribution in [2.75, 3.05) is 12.4 Å². The maximum atomic E-state index is 12.7. The van der Waals surface area contributed by atoms with E-state index in [1.165, 1.54) is 37.7 Å². The van der Waals surface area contributed by atoms with E-state index in [2.05, 4.69) is 24.4 Å². The maximum Gasteiger partial charge on any atom is 0.245 e. The van der Waals surface area contributed by atoms with Gasteiger partial charge in [0.1, 0.15) is 6.04 Å². The fourth-order valence-corrected chi connectivity index (χ4v) is 3.81. The summed E-state index contributed by atoms with van der Waals surface area (Å²) in [6.07, 6.45) is 6.99. The third kappa shape index (κ3) is 2.92. The molecule has 1 atom stereocenters. The van der Waals surface area contributed by atoms with E-state index in [1.807, 2.05) is 24.1 Å². The number of likely N-dealkylation sites (N-methyl/N-ethyl adjacent to an activating group) is 1. The minimum absolute atomic E-state index is 0.0729. The first kappa shape index (κ1) is 14.4. The fourth-order valence-electron chi connectivity index (χ4n) is 3.81. The Balaban J connectivity index is 1.59. The standard InChI is InChI=1S/C18H26N2O/c1-3-13-8-10-15(11-9-13)20(2)18(21)17-12-14-6-4-5-7-16(14)19-17/h4-7,13,15,17,19H,3,8-12H2,1-2H3/t13?,15?,17-/m0/s1. The molecule has 0 saturated heterocycles. The van der Waals surface area contributed by atoms with Crippen molar-refractivity contribution in [1.29, 1.82) is 0 Å². The molecular weight excluding hydrogens is 260 g/mol. The zero-order valence-corrected chi connectivity index (χ0v) is 13.1. The summed E-state index contributed by atoms with van der Waals surface area (Å²) in [6.45, 7) is 2.28. The number of para-hydroxylation sites is 1. The van der Waals surface area contributed by atoms with Crippen LogP contribution in [0.25, 0.3) is 0 Å². The van der Waals surface area contributed by atoms with E-state index in [4.69, 9.17) is 0 Å². The average Bonchev–Trinajstić information content (AvgIpc) is 2.97. The number of rotatable bonds is 3. The number of nitrogens with zero attached hydrogens (tertiary/aromatic N) is 1. The zero-order chi connectivity index (χ0) is 14.8. The lowest BCUT2D eigenvalue weighted by molar-refractivity contribution is -0.133. The SMILES string of the molecule is CCC1CCC(N(C)C(=O)[C@@H]2Cc3ccccc3N2)CC1. The van der Waals surface area contributed by atoms with Gasteiger partial charge in [-0.05, 0) is 43.2 Å². The van der Waals surface area contributed by atoms with Gasteiger partial charge in [-0.2, -0.15) is 0 Å². The molecule has 1 aliphatic heterocycles. The summed E-state index contributed by atoms with van der Waals surface area (Å²) < 4.78 is 0. The summed E-state index contributed by atoms with van der Waals surface area (Å²) >= 11 is 0. The van der Waals surface area contributed by atoms with Crippen molar-refractivity contribution in [3.63, 3.8) is 0 Å². The van der Waals surface area contributed by atoms with Crippen LogP contribution in [0.3, 0.4) is 0 Å². The van der Waals surface area contributed by atoms with Crippen LogP contribution in [0.4, 0.5) is 5.69 Å². The van der Waals surface area contributed by atoms with Crippen molar-refractivity contribution >= 4 is 11.6 Å². The molecule has 3 heteroatoms. The molecule has 1 aliphatic carbocycles. The topological polar surface area (TPSA) is 32.3 Å². The third-order valence-corrected chi connectivity index (χ3v) is 5.36. The molecule has 0 radical (unpaired) electrons. The second-order valence-electron chi connectivity index (χ2n) is 6.59. The summed E-state index contributed by atoms with van der Waals surface area (Å²) in [7, 11) is 1.99. The van der Waals surface area contributed by atoms with Crippen LogP contribution in [-0.2, 0) is 11.2 Å². The lowest BCUT2D eigenvalue weighted by Crippen LogP contribution is -2.46. The van der Waals surface area contributed by atoms with Crippen LogP contribution < -0.4 is 5.32 Å². The van der Waals surface area contributed by atoms with Gasteiger partial charge in [0, 0.05) is 25.2 Å². The summed E-state index contributed by atoms with van der Waals surface area (Å²) in [4.78, 5) is 14.7. The van der Waals surface area contributed by atoms with Crippen LogP contribution in [0.1, 0.15) is 44.6 Å². The quantitative estimate of drug-likeness (QED) is 0.923. The molecule has 2 aliphatic rings. The molecular formula is C18H26N2O. The highest BCUT2D eigenvalue weighted by Gasteiger charge is 2.32. The van der Waals surface area contributed by atoms with Gasteiger partial charge in [0.05, 0.1) is 0 Å². The lowest BCUT2D eigenvalue weighted by Gasteiger charge is -2.35. The first-order valence-corrected chi connectivity index (χ1v) is 8.30. The molecule has 3 nitrogen and oxygen atoms in total. The van der Waals surface area contributed by atoms with Crippen LogP contribution >= 0.6 is 0 Å². The van der Waals surface area contributed by atoms with Gasteiger partial charge >= 0.3 is 0 Å². The highest BCUT2D eigenvalue weighted by Crippen LogP contribution is 2.31. The molecule has 1 aromatic rings. The van der Waals surface area contributed by atoms with E-state index in [9.17, 15) is 4.79 Å². The van der Waals surface area contributed by atoms with E-state index >= 15 is 0 Å². The molecule has 0 unspecified atom stereocenters. The largest absolute Gasteiger partial charge is 0.373 e. The Bertz CT molecular complexity index is 481. The van der Waals surface area contributed by atoms with E-state index in [0.29, 0.717) is 6.04 Å². The van der Waals surface area contributed by atoms with E-state index in [0.717, 1.165) is 18.0 Å². The number of nitrogens with one attached hydrogen (secondary N) is 1. The number of carbonyl (C=O) groups is 1. The first-order chi connectivity index (χ1) is 10.2. The van der Waals surface area contributed by atoms with Gasteiger partial charge in [-0.1, -0.05) is 31.5 Å². The Labute approximate surface area is 127 Å². The zero-order valence-electron chi connectivity index (χ0n) is 13.1. The molecule has 0 aromatic heterocycles. The predicted molar refractivity (Wildman–Crippen MR) is 86.4 cm³/mol. The van der Waals surface area contributed by atoms with Gasteiger partial charge in [-0.15, -0.1) is 0 Å². The van der Waals surface area contributed by atoms with Gasteiger partial charge < -0.3 is 10.2 Å². The third-order valence-electron chi connectivity index (χ3n) is 5.36. The molecule has 1 saturated carbocycles. The summed E-state index contributed by atoms with van der Waals surface area (Å²) in [6, 6.07) is 8.61. The Kier molecular flexibility index (Phi) is 4.18. The van der Waals surface area contributed by atoms with Crippen LogP contribution in [0.2, 0.25) is 0 Å².